The van der Waals surface area contributed by atoms with Crippen molar-refractivity contribution in [3.05, 3.63) is 71.5 Å². The van der Waals surface area contributed by atoms with Crippen molar-refractivity contribution in [3.8, 4) is 0 Å². The van der Waals surface area contributed by atoms with E-state index in [-0.39, 0.29) is 11.7 Å². The minimum absolute atomic E-state index is 0.0643. The lowest BCUT2D eigenvalue weighted by molar-refractivity contribution is -0.0292. The van der Waals surface area contributed by atoms with Gasteiger partial charge >= 0.3 is 0 Å². The number of rotatable bonds is 5. The maximum Gasteiger partial charge on any atom is 0.254 e. The number of nitrogens with one attached hydrogen (secondary N) is 1. The van der Waals surface area contributed by atoms with E-state index in [0.717, 1.165) is 19.6 Å². The third kappa shape index (κ3) is 4.40. The second-order valence-electron chi connectivity index (χ2n) is 5.90. The molecule has 1 aliphatic heterocycles. The summed E-state index contributed by atoms with van der Waals surface area (Å²) in [5.74, 6) is -0.915. The number of carbonyl (C=O) groups excluding carboxylic acids is 1. The molecule has 2 aromatic rings. The number of hydrogen-bond donors (Lipinski definition) is 1. The summed E-state index contributed by atoms with van der Waals surface area (Å²) >= 11 is 0. The molecule has 1 amide bonds. The minimum Gasteiger partial charge on any atom is -0.374 e. The van der Waals surface area contributed by atoms with Crippen LogP contribution in [0.25, 0.3) is 0 Å². The van der Waals surface area contributed by atoms with Crippen molar-refractivity contribution in [3.63, 3.8) is 0 Å². The quantitative estimate of drug-likeness (QED) is 0.917. The van der Waals surface area contributed by atoms with Gasteiger partial charge in [0.05, 0.1) is 18.3 Å². The summed E-state index contributed by atoms with van der Waals surface area (Å²) in [6.07, 6.45) is -0.0850. The maximum atomic E-state index is 13.6. The Bertz CT molecular complexity index is 678. The molecule has 2 aromatic carbocycles. The Morgan fingerprint density at radius 3 is 2.71 bits per heavy atom. The third-order valence-corrected chi connectivity index (χ3v) is 4.08. The molecule has 1 saturated heterocycles. The Balaban J connectivity index is 1.50. The van der Waals surface area contributed by atoms with Crippen LogP contribution in [0.1, 0.15) is 15.9 Å². The van der Waals surface area contributed by atoms with Crippen LogP contribution in [0, 0.1) is 5.82 Å². The van der Waals surface area contributed by atoms with Crippen molar-refractivity contribution in [2.24, 2.45) is 0 Å². The molecule has 0 aliphatic carbocycles. The van der Waals surface area contributed by atoms with Crippen molar-refractivity contribution in [1.82, 2.24) is 10.2 Å². The first-order chi connectivity index (χ1) is 11.7. The van der Waals surface area contributed by atoms with E-state index in [1.165, 1.54) is 17.7 Å². The number of amides is 1. The number of carbonyl (C=O) groups is 1. The van der Waals surface area contributed by atoms with Crippen molar-refractivity contribution in [2.45, 2.75) is 12.6 Å². The van der Waals surface area contributed by atoms with Crippen molar-refractivity contribution >= 4 is 5.91 Å². The van der Waals surface area contributed by atoms with E-state index in [0.29, 0.717) is 13.2 Å². The Morgan fingerprint density at radius 2 is 1.92 bits per heavy atom. The third-order valence-electron chi connectivity index (χ3n) is 4.08. The molecule has 126 valence electrons. The van der Waals surface area contributed by atoms with Crippen LogP contribution in [0.5, 0.6) is 0 Å². The summed E-state index contributed by atoms with van der Waals surface area (Å²) in [7, 11) is 0. The van der Waals surface area contributed by atoms with Crippen LogP contribution in [-0.4, -0.2) is 43.2 Å². The number of ether oxygens (including phenoxy) is 1. The number of hydrogen-bond acceptors (Lipinski definition) is 3. The Morgan fingerprint density at radius 1 is 1.17 bits per heavy atom. The number of nitrogens with zero attached hydrogens (tertiary/aromatic N) is 1. The summed E-state index contributed by atoms with van der Waals surface area (Å²) in [6, 6.07) is 16.2. The van der Waals surface area contributed by atoms with Gasteiger partial charge in [-0.1, -0.05) is 42.5 Å². The molecular formula is C19H21FN2O2. The Hall–Kier alpha value is -2.24. The standard InChI is InChI=1S/C19H21FN2O2/c20-18-9-5-4-8-17(18)19(23)21-12-16-14-22(10-11-24-16)13-15-6-2-1-3-7-15/h1-9,16H,10-14H2,(H,21,23). The van der Waals surface area contributed by atoms with Crippen LogP contribution in [0.3, 0.4) is 0 Å². The van der Waals surface area contributed by atoms with Gasteiger partial charge in [-0.15, -0.1) is 0 Å². The molecule has 0 aromatic heterocycles. The minimum atomic E-state index is -0.509. The molecule has 1 fully saturated rings. The smallest absolute Gasteiger partial charge is 0.254 e. The van der Waals surface area contributed by atoms with Crippen molar-refractivity contribution < 1.29 is 13.9 Å². The summed E-state index contributed by atoms with van der Waals surface area (Å²) in [4.78, 5) is 14.4. The van der Waals surface area contributed by atoms with Crippen LogP contribution in [0.15, 0.2) is 54.6 Å². The fourth-order valence-corrected chi connectivity index (χ4v) is 2.84. The van der Waals surface area contributed by atoms with Gasteiger partial charge in [-0.3, -0.25) is 9.69 Å². The molecule has 3 rings (SSSR count). The zero-order valence-corrected chi connectivity index (χ0v) is 13.5. The molecule has 0 spiro atoms. The highest BCUT2D eigenvalue weighted by atomic mass is 19.1. The van der Waals surface area contributed by atoms with Gasteiger partial charge < -0.3 is 10.1 Å². The molecule has 1 N–H and O–H groups in total. The van der Waals surface area contributed by atoms with Crippen LogP contribution in [0.2, 0.25) is 0 Å². The highest BCUT2D eigenvalue weighted by Crippen LogP contribution is 2.11. The van der Waals surface area contributed by atoms with Gasteiger partial charge in [0.2, 0.25) is 0 Å². The Labute approximate surface area is 141 Å². The van der Waals surface area contributed by atoms with Crippen LogP contribution >= 0.6 is 0 Å². The first kappa shape index (κ1) is 16.6. The normalized spacial score (nSPS) is 18.3. The number of morpholine rings is 1. The predicted molar refractivity (Wildman–Crippen MR) is 90.2 cm³/mol. The summed E-state index contributed by atoms with van der Waals surface area (Å²) in [6.45, 7) is 3.48. The number of halogens is 1. The van der Waals surface area contributed by atoms with Crippen LogP contribution < -0.4 is 5.32 Å². The molecule has 24 heavy (non-hydrogen) atoms. The maximum absolute atomic E-state index is 13.6. The largest absolute Gasteiger partial charge is 0.374 e. The topological polar surface area (TPSA) is 41.6 Å². The average molecular weight is 328 g/mol. The summed E-state index contributed by atoms with van der Waals surface area (Å²) < 4.78 is 19.3. The van der Waals surface area contributed by atoms with Gasteiger partial charge in [0.1, 0.15) is 5.82 Å². The monoisotopic (exact) mass is 328 g/mol. The Kier molecular flexibility index (Phi) is 5.56. The predicted octanol–water partition coefficient (Wildman–Crippen LogP) is 2.46. The van der Waals surface area contributed by atoms with Gasteiger partial charge in [0.15, 0.2) is 0 Å². The second-order valence-corrected chi connectivity index (χ2v) is 5.90. The van der Waals surface area contributed by atoms with Crippen molar-refractivity contribution in [2.75, 3.05) is 26.2 Å². The van der Waals surface area contributed by atoms with E-state index >= 15 is 0 Å². The van der Waals surface area contributed by atoms with Gasteiger partial charge in [0, 0.05) is 26.2 Å². The van der Waals surface area contributed by atoms with Crippen LogP contribution in [-0.2, 0) is 11.3 Å². The zero-order valence-electron chi connectivity index (χ0n) is 13.5. The second kappa shape index (κ2) is 8.04. The van der Waals surface area contributed by atoms with Gasteiger partial charge in [-0.2, -0.15) is 0 Å². The molecule has 1 atom stereocenters. The lowest BCUT2D eigenvalue weighted by Crippen LogP contribution is -2.47. The van der Waals surface area contributed by atoms with E-state index in [1.807, 2.05) is 18.2 Å². The molecule has 1 heterocycles. The van der Waals surface area contributed by atoms with E-state index in [4.69, 9.17) is 4.74 Å². The summed E-state index contributed by atoms with van der Waals surface area (Å²) in [5, 5.41) is 2.76. The zero-order chi connectivity index (χ0) is 16.8. The van der Waals surface area contributed by atoms with Crippen molar-refractivity contribution in [1.29, 1.82) is 0 Å². The van der Waals surface area contributed by atoms with Gasteiger partial charge in [-0.25, -0.2) is 4.39 Å². The van der Waals surface area contributed by atoms with Gasteiger partial charge in [-0.05, 0) is 17.7 Å². The molecule has 5 heteroatoms. The molecule has 1 aliphatic rings. The molecular weight excluding hydrogens is 307 g/mol. The van der Waals surface area contributed by atoms with Crippen LogP contribution in [0.4, 0.5) is 4.39 Å². The first-order valence-corrected chi connectivity index (χ1v) is 8.13. The molecule has 4 nitrogen and oxygen atoms in total. The first-order valence-electron chi connectivity index (χ1n) is 8.13. The highest BCUT2D eigenvalue weighted by Gasteiger charge is 2.21. The summed E-state index contributed by atoms with van der Waals surface area (Å²) in [5.41, 5.74) is 1.32. The average Bonchev–Trinajstić information content (AvgIpc) is 2.61. The fourth-order valence-electron chi connectivity index (χ4n) is 2.84. The van der Waals surface area contributed by atoms with Gasteiger partial charge in [0.25, 0.3) is 5.91 Å². The van der Waals surface area contributed by atoms with E-state index in [9.17, 15) is 9.18 Å². The lowest BCUT2D eigenvalue weighted by Gasteiger charge is -2.33. The SMILES string of the molecule is O=C(NCC1CN(Cc2ccccc2)CCO1)c1ccccc1F. The molecule has 0 bridgehead atoms. The highest BCUT2D eigenvalue weighted by molar-refractivity contribution is 5.94. The number of benzene rings is 2. The molecule has 1 unspecified atom stereocenters. The lowest BCUT2D eigenvalue weighted by atomic mass is 10.1. The van der Waals surface area contributed by atoms with E-state index in [1.54, 1.807) is 12.1 Å². The van der Waals surface area contributed by atoms with E-state index in [2.05, 4.69) is 22.3 Å². The molecule has 0 radical (unpaired) electrons. The molecule has 0 saturated carbocycles. The fraction of sp³-hybridized carbons (Fsp3) is 0.316. The van der Waals surface area contributed by atoms with E-state index < -0.39 is 11.7 Å².